The van der Waals surface area contributed by atoms with Gasteiger partial charge in [-0.2, -0.15) is 5.10 Å². The summed E-state index contributed by atoms with van der Waals surface area (Å²) in [6, 6.07) is 3.81. The lowest BCUT2D eigenvalue weighted by Crippen LogP contribution is -2.05. The second kappa shape index (κ2) is 4.65. The maximum Gasteiger partial charge on any atom is 0.358 e. The number of aromatic nitrogens is 3. The number of nitrogens with two attached hydrogens (primary N) is 1. The number of carbonyl (C=O) groups is 1. The monoisotopic (exact) mass is 232 g/mol. The number of aryl methyl sites for hydroxylation is 2. The van der Waals surface area contributed by atoms with Crippen molar-refractivity contribution in [3.05, 3.63) is 42.0 Å². The van der Waals surface area contributed by atoms with Gasteiger partial charge in [0.25, 0.3) is 0 Å². The van der Waals surface area contributed by atoms with Gasteiger partial charge in [-0.1, -0.05) is 6.07 Å². The fourth-order valence-electron chi connectivity index (χ4n) is 1.51. The highest BCUT2D eigenvalue weighted by Gasteiger charge is 2.12. The van der Waals surface area contributed by atoms with Gasteiger partial charge in [-0.25, -0.2) is 4.79 Å². The third-order valence-electron chi connectivity index (χ3n) is 2.34. The van der Waals surface area contributed by atoms with Crippen LogP contribution in [0.1, 0.15) is 16.1 Å². The smallest absolute Gasteiger partial charge is 0.358 e. The van der Waals surface area contributed by atoms with Crippen molar-refractivity contribution in [3.8, 4) is 0 Å². The average Bonchev–Trinajstić information content (AvgIpc) is 2.69. The summed E-state index contributed by atoms with van der Waals surface area (Å²) in [5.74, 6) is -1.11. The van der Waals surface area contributed by atoms with Gasteiger partial charge in [0.2, 0.25) is 0 Å². The van der Waals surface area contributed by atoms with E-state index in [1.54, 1.807) is 12.4 Å². The van der Waals surface area contributed by atoms with Gasteiger partial charge in [-0.15, -0.1) is 0 Å². The third kappa shape index (κ3) is 2.60. The number of carboxylic acid groups (broad SMARTS) is 1. The molecule has 3 N–H and O–H groups in total. The molecular formula is C11H12N4O2. The molecule has 0 bridgehead atoms. The molecule has 6 nitrogen and oxygen atoms in total. The summed E-state index contributed by atoms with van der Waals surface area (Å²) in [5, 5.41) is 12.7. The largest absolute Gasteiger partial charge is 0.476 e. The molecule has 0 spiro atoms. The van der Waals surface area contributed by atoms with Crippen molar-refractivity contribution in [2.45, 2.75) is 13.0 Å². The number of aromatic carboxylic acids is 1. The number of nitrogen functional groups attached to an aromatic ring is 1. The van der Waals surface area contributed by atoms with Crippen LogP contribution in [0.2, 0.25) is 0 Å². The van der Waals surface area contributed by atoms with E-state index in [-0.39, 0.29) is 11.4 Å². The molecule has 2 aromatic rings. The normalized spacial score (nSPS) is 10.4. The van der Waals surface area contributed by atoms with Crippen molar-refractivity contribution in [1.82, 2.24) is 14.8 Å². The first-order chi connectivity index (χ1) is 8.16. The minimum absolute atomic E-state index is 0.101. The van der Waals surface area contributed by atoms with E-state index in [0.29, 0.717) is 6.54 Å². The fraction of sp³-hybridized carbons (Fsp3) is 0.182. The molecule has 0 unspecified atom stereocenters. The molecule has 0 fully saturated rings. The lowest BCUT2D eigenvalue weighted by atomic mass is 10.2. The van der Waals surface area contributed by atoms with Crippen LogP contribution in [0.15, 0.2) is 30.7 Å². The first kappa shape index (κ1) is 11.1. The zero-order valence-electron chi connectivity index (χ0n) is 9.08. The lowest BCUT2D eigenvalue weighted by Gasteiger charge is -2.00. The Kier molecular flexibility index (Phi) is 3.04. The van der Waals surface area contributed by atoms with Crippen molar-refractivity contribution < 1.29 is 9.90 Å². The van der Waals surface area contributed by atoms with E-state index in [9.17, 15) is 4.79 Å². The van der Waals surface area contributed by atoms with E-state index in [0.717, 1.165) is 12.0 Å². The van der Waals surface area contributed by atoms with Gasteiger partial charge in [-0.3, -0.25) is 9.67 Å². The number of nitrogens with zero attached hydrogens (tertiary/aromatic N) is 3. The Morgan fingerprint density at radius 3 is 2.94 bits per heavy atom. The van der Waals surface area contributed by atoms with E-state index in [2.05, 4.69) is 10.1 Å². The molecule has 2 aromatic heterocycles. The number of anilines is 1. The summed E-state index contributed by atoms with van der Waals surface area (Å²) < 4.78 is 1.53. The molecule has 0 aliphatic rings. The Balaban J connectivity index is 2.05. The maximum absolute atomic E-state index is 10.7. The number of hydrogen-bond acceptors (Lipinski definition) is 4. The number of pyridine rings is 1. The summed E-state index contributed by atoms with van der Waals surface area (Å²) in [7, 11) is 0. The first-order valence-corrected chi connectivity index (χ1v) is 5.12. The Hall–Kier alpha value is -2.37. The van der Waals surface area contributed by atoms with Gasteiger partial charge in [0.15, 0.2) is 5.69 Å². The van der Waals surface area contributed by atoms with Crippen LogP contribution in [0.4, 0.5) is 5.69 Å². The summed E-state index contributed by atoms with van der Waals surface area (Å²) in [4.78, 5) is 14.7. The van der Waals surface area contributed by atoms with Gasteiger partial charge in [0.05, 0.1) is 5.69 Å². The number of rotatable bonds is 4. The van der Waals surface area contributed by atoms with Gasteiger partial charge in [-0.05, 0) is 18.1 Å². The van der Waals surface area contributed by atoms with Crippen molar-refractivity contribution >= 4 is 11.7 Å². The minimum Gasteiger partial charge on any atom is -0.476 e. The predicted octanol–water partition coefficient (Wildman–Crippen LogP) is 0.801. The second-order valence-electron chi connectivity index (χ2n) is 3.61. The molecule has 0 aliphatic carbocycles. The number of carboxylic acids is 1. The standard InChI is InChI=1S/C11H12N4O2/c12-9-7-15(14-10(9)11(16)17)5-3-8-2-1-4-13-6-8/h1-2,4,6-7H,3,5,12H2,(H,16,17). The Morgan fingerprint density at radius 2 is 2.35 bits per heavy atom. The van der Waals surface area contributed by atoms with Crippen molar-refractivity contribution in [2.75, 3.05) is 5.73 Å². The van der Waals surface area contributed by atoms with E-state index in [1.807, 2.05) is 12.1 Å². The highest BCUT2D eigenvalue weighted by Crippen LogP contribution is 2.09. The molecular weight excluding hydrogens is 220 g/mol. The second-order valence-corrected chi connectivity index (χ2v) is 3.61. The predicted molar refractivity (Wildman–Crippen MR) is 61.5 cm³/mol. The van der Waals surface area contributed by atoms with Crippen molar-refractivity contribution in [3.63, 3.8) is 0 Å². The van der Waals surface area contributed by atoms with E-state index in [1.165, 1.54) is 10.9 Å². The highest BCUT2D eigenvalue weighted by molar-refractivity contribution is 5.91. The quantitative estimate of drug-likeness (QED) is 0.813. The molecule has 2 rings (SSSR count). The van der Waals surface area contributed by atoms with Gasteiger partial charge in [0, 0.05) is 25.1 Å². The summed E-state index contributed by atoms with van der Waals surface area (Å²) in [5.41, 5.74) is 6.69. The highest BCUT2D eigenvalue weighted by atomic mass is 16.4. The minimum atomic E-state index is -1.11. The molecule has 0 atom stereocenters. The van der Waals surface area contributed by atoms with E-state index >= 15 is 0 Å². The summed E-state index contributed by atoms with van der Waals surface area (Å²) in [6.07, 6.45) is 5.73. The van der Waals surface area contributed by atoms with Crippen LogP contribution < -0.4 is 5.73 Å². The Bertz CT molecular complexity index is 522. The molecule has 6 heteroatoms. The van der Waals surface area contributed by atoms with Gasteiger partial charge in [0.1, 0.15) is 0 Å². The topological polar surface area (TPSA) is 94.0 Å². The van der Waals surface area contributed by atoms with Crippen LogP contribution in [-0.4, -0.2) is 25.8 Å². The van der Waals surface area contributed by atoms with Crippen LogP contribution in [0.25, 0.3) is 0 Å². The van der Waals surface area contributed by atoms with Crippen molar-refractivity contribution in [2.24, 2.45) is 0 Å². The molecule has 0 radical (unpaired) electrons. The summed E-state index contributed by atoms with van der Waals surface area (Å²) >= 11 is 0. The Morgan fingerprint density at radius 1 is 1.53 bits per heavy atom. The van der Waals surface area contributed by atoms with Crippen molar-refractivity contribution in [1.29, 1.82) is 0 Å². The molecule has 0 aliphatic heterocycles. The SMILES string of the molecule is Nc1cn(CCc2cccnc2)nc1C(=O)O. The fourth-order valence-corrected chi connectivity index (χ4v) is 1.51. The Labute approximate surface area is 97.7 Å². The van der Waals surface area contributed by atoms with Crippen LogP contribution in [0, 0.1) is 0 Å². The molecule has 88 valence electrons. The average molecular weight is 232 g/mol. The van der Waals surface area contributed by atoms with E-state index < -0.39 is 5.97 Å². The van der Waals surface area contributed by atoms with E-state index in [4.69, 9.17) is 10.8 Å². The van der Waals surface area contributed by atoms with Crippen LogP contribution in [-0.2, 0) is 13.0 Å². The molecule has 2 heterocycles. The maximum atomic E-state index is 10.7. The van der Waals surface area contributed by atoms with Crippen LogP contribution in [0.3, 0.4) is 0 Å². The molecule has 0 saturated heterocycles. The van der Waals surface area contributed by atoms with Crippen LogP contribution >= 0.6 is 0 Å². The lowest BCUT2D eigenvalue weighted by molar-refractivity contribution is 0.0690. The zero-order chi connectivity index (χ0) is 12.3. The summed E-state index contributed by atoms with van der Waals surface area (Å²) in [6.45, 7) is 0.573. The van der Waals surface area contributed by atoms with Gasteiger partial charge >= 0.3 is 5.97 Å². The number of hydrogen-bond donors (Lipinski definition) is 2. The van der Waals surface area contributed by atoms with Crippen LogP contribution in [0.5, 0.6) is 0 Å². The zero-order valence-corrected chi connectivity index (χ0v) is 9.08. The molecule has 0 aromatic carbocycles. The molecule has 0 amide bonds. The van der Waals surface area contributed by atoms with Gasteiger partial charge < -0.3 is 10.8 Å². The third-order valence-corrected chi connectivity index (χ3v) is 2.34. The first-order valence-electron chi connectivity index (χ1n) is 5.12. The molecule has 17 heavy (non-hydrogen) atoms. The molecule has 0 saturated carbocycles.